The molecule has 20 heavy (non-hydrogen) atoms. The van der Waals surface area contributed by atoms with Crippen LogP contribution in [-0.2, 0) is 17.7 Å². The van der Waals surface area contributed by atoms with Crippen LogP contribution in [0.1, 0.15) is 43.9 Å². The van der Waals surface area contributed by atoms with Gasteiger partial charge in [0.25, 0.3) is 0 Å². The standard InChI is InChI=1S/C16H26N2O2/c1-2-13-6-5-9-18-16(13)11-17-10-14(19)12-20-15-7-3-4-8-15/h5-6,9,14-15,17,19H,2-4,7-8,10-12H2,1H3. The third-order valence-electron chi connectivity index (χ3n) is 3.86. The topological polar surface area (TPSA) is 54.4 Å². The third-order valence-corrected chi connectivity index (χ3v) is 3.86. The first kappa shape index (κ1) is 15.4. The molecule has 0 bridgehead atoms. The summed E-state index contributed by atoms with van der Waals surface area (Å²) in [5.41, 5.74) is 2.33. The molecule has 0 aromatic carbocycles. The van der Waals surface area contributed by atoms with Crippen molar-refractivity contribution in [2.45, 2.75) is 57.8 Å². The van der Waals surface area contributed by atoms with E-state index in [1.807, 2.05) is 12.3 Å². The normalized spacial score (nSPS) is 17.5. The van der Waals surface area contributed by atoms with Gasteiger partial charge in [0.2, 0.25) is 0 Å². The molecule has 1 atom stereocenters. The summed E-state index contributed by atoms with van der Waals surface area (Å²) in [6.07, 6.45) is 7.55. The second kappa shape index (κ2) is 8.35. The van der Waals surface area contributed by atoms with Crippen LogP contribution >= 0.6 is 0 Å². The summed E-state index contributed by atoms with van der Waals surface area (Å²) in [5, 5.41) is 13.2. The van der Waals surface area contributed by atoms with Gasteiger partial charge in [-0.2, -0.15) is 0 Å². The van der Waals surface area contributed by atoms with Crippen molar-refractivity contribution in [1.82, 2.24) is 10.3 Å². The van der Waals surface area contributed by atoms with Gasteiger partial charge < -0.3 is 15.2 Å². The highest BCUT2D eigenvalue weighted by Gasteiger charge is 2.16. The average Bonchev–Trinajstić information content (AvgIpc) is 2.99. The Bertz CT molecular complexity index is 392. The van der Waals surface area contributed by atoms with Crippen molar-refractivity contribution in [1.29, 1.82) is 0 Å². The number of rotatable bonds is 8. The minimum absolute atomic E-state index is 0.368. The summed E-state index contributed by atoms with van der Waals surface area (Å²) in [5.74, 6) is 0. The highest BCUT2D eigenvalue weighted by molar-refractivity contribution is 5.19. The molecule has 112 valence electrons. The SMILES string of the molecule is CCc1cccnc1CNCC(O)COC1CCCC1. The first-order valence-corrected chi connectivity index (χ1v) is 7.72. The van der Waals surface area contributed by atoms with Gasteiger partial charge in [-0.05, 0) is 30.9 Å². The smallest absolute Gasteiger partial charge is 0.0897 e. The van der Waals surface area contributed by atoms with Gasteiger partial charge in [0.05, 0.1) is 24.5 Å². The number of aliphatic hydroxyl groups excluding tert-OH is 1. The number of hydrogen-bond donors (Lipinski definition) is 2. The molecule has 2 N–H and O–H groups in total. The van der Waals surface area contributed by atoms with Crippen LogP contribution in [0.5, 0.6) is 0 Å². The third kappa shape index (κ3) is 4.85. The molecule has 0 aliphatic heterocycles. The predicted octanol–water partition coefficient (Wildman–Crippen LogP) is 2.05. The van der Waals surface area contributed by atoms with E-state index in [9.17, 15) is 5.11 Å². The van der Waals surface area contributed by atoms with Crippen LogP contribution in [0.25, 0.3) is 0 Å². The molecule has 0 spiro atoms. The van der Waals surface area contributed by atoms with Gasteiger partial charge in [-0.3, -0.25) is 4.98 Å². The number of aromatic nitrogens is 1. The lowest BCUT2D eigenvalue weighted by Crippen LogP contribution is -2.31. The summed E-state index contributed by atoms with van der Waals surface area (Å²) in [6, 6.07) is 4.07. The lowest BCUT2D eigenvalue weighted by Gasteiger charge is -2.16. The van der Waals surface area contributed by atoms with E-state index in [2.05, 4.69) is 23.3 Å². The molecule has 1 aromatic heterocycles. The fourth-order valence-corrected chi connectivity index (χ4v) is 2.67. The Hall–Kier alpha value is -0.970. The van der Waals surface area contributed by atoms with Gasteiger partial charge in [-0.1, -0.05) is 25.8 Å². The summed E-state index contributed by atoms with van der Waals surface area (Å²) < 4.78 is 5.71. The second-order valence-electron chi connectivity index (χ2n) is 5.49. The van der Waals surface area contributed by atoms with Crippen molar-refractivity contribution in [3.63, 3.8) is 0 Å². The Balaban J connectivity index is 1.64. The predicted molar refractivity (Wildman–Crippen MR) is 79.5 cm³/mol. The molecular formula is C16H26N2O2. The van der Waals surface area contributed by atoms with Crippen molar-refractivity contribution in [3.8, 4) is 0 Å². The number of aliphatic hydroxyl groups is 1. The van der Waals surface area contributed by atoms with Gasteiger partial charge in [-0.25, -0.2) is 0 Å². The molecule has 4 nitrogen and oxygen atoms in total. The van der Waals surface area contributed by atoms with Crippen molar-refractivity contribution in [3.05, 3.63) is 29.6 Å². The molecule has 0 saturated heterocycles. The Morgan fingerprint density at radius 1 is 1.45 bits per heavy atom. The molecule has 1 fully saturated rings. The van der Waals surface area contributed by atoms with Crippen LogP contribution in [0.15, 0.2) is 18.3 Å². The maximum atomic E-state index is 9.91. The molecule has 0 radical (unpaired) electrons. The maximum absolute atomic E-state index is 9.91. The Morgan fingerprint density at radius 3 is 3.00 bits per heavy atom. The summed E-state index contributed by atoms with van der Waals surface area (Å²) >= 11 is 0. The van der Waals surface area contributed by atoms with E-state index in [0.717, 1.165) is 25.0 Å². The Morgan fingerprint density at radius 2 is 2.25 bits per heavy atom. The first-order chi connectivity index (χ1) is 9.79. The van der Waals surface area contributed by atoms with Crippen molar-refractivity contribution in [2.75, 3.05) is 13.2 Å². The Labute approximate surface area is 121 Å². The molecule has 1 saturated carbocycles. The number of ether oxygens (including phenoxy) is 1. The Kier molecular flexibility index (Phi) is 6.43. The van der Waals surface area contributed by atoms with Crippen LogP contribution in [0.3, 0.4) is 0 Å². The molecular weight excluding hydrogens is 252 g/mol. The van der Waals surface area contributed by atoms with E-state index in [1.54, 1.807) is 0 Å². The fraction of sp³-hybridized carbons (Fsp3) is 0.688. The summed E-state index contributed by atoms with van der Waals surface area (Å²) in [4.78, 5) is 4.38. The number of pyridine rings is 1. The van der Waals surface area contributed by atoms with Crippen LogP contribution in [-0.4, -0.2) is 35.5 Å². The zero-order valence-electron chi connectivity index (χ0n) is 12.3. The second-order valence-corrected chi connectivity index (χ2v) is 5.49. The minimum Gasteiger partial charge on any atom is -0.389 e. The zero-order valence-corrected chi connectivity index (χ0v) is 12.3. The van der Waals surface area contributed by atoms with Gasteiger partial charge >= 0.3 is 0 Å². The molecule has 1 aliphatic carbocycles. The molecule has 1 unspecified atom stereocenters. The van der Waals surface area contributed by atoms with Crippen LogP contribution < -0.4 is 5.32 Å². The fourth-order valence-electron chi connectivity index (χ4n) is 2.67. The summed E-state index contributed by atoms with van der Waals surface area (Å²) in [6.45, 7) is 3.81. The van der Waals surface area contributed by atoms with Gasteiger partial charge in [-0.15, -0.1) is 0 Å². The van der Waals surface area contributed by atoms with E-state index < -0.39 is 6.10 Å². The van der Waals surface area contributed by atoms with Crippen molar-refractivity contribution < 1.29 is 9.84 Å². The van der Waals surface area contributed by atoms with E-state index in [1.165, 1.54) is 18.4 Å². The lowest BCUT2D eigenvalue weighted by molar-refractivity contribution is -0.00552. The van der Waals surface area contributed by atoms with E-state index >= 15 is 0 Å². The number of nitrogens with zero attached hydrogens (tertiary/aromatic N) is 1. The van der Waals surface area contributed by atoms with E-state index in [4.69, 9.17) is 4.74 Å². The maximum Gasteiger partial charge on any atom is 0.0897 e. The quantitative estimate of drug-likeness (QED) is 0.764. The van der Waals surface area contributed by atoms with Crippen LogP contribution in [0.4, 0.5) is 0 Å². The number of aryl methyl sites for hydroxylation is 1. The van der Waals surface area contributed by atoms with Gasteiger partial charge in [0, 0.05) is 19.3 Å². The molecule has 1 heterocycles. The van der Waals surface area contributed by atoms with Crippen molar-refractivity contribution >= 4 is 0 Å². The van der Waals surface area contributed by atoms with E-state index in [-0.39, 0.29) is 0 Å². The molecule has 1 aromatic rings. The number of hydrogen-bond acceptors (Lipinski definition) is 4. The zero-order chi connectivity index (χ0) is 14.2. The van der Waals surface area contributed by atoms with Crippen LogP contribution in [0, 0.1) is 0 Å². The van der Waals surface area contributed by atoms with Crippen molar-refractivity contribution in [2.24, 2.45) is 0 Å². The summed E-state index contributed by atoms with van der Waals surface area (Å²) in [7, 11) is 0. The van der Waals surface area contributed by atoms with Crippen LogP contribution in [0.2, 0.25) is 0 Å². The van der Waals surface area contributed by atoms with E-state index in [0.29, 0.717) is 25.8 Å². The minimum atomic E-state index is -0.440. The largest absolute Gasteiger partial charge is 0.389 e. The monoisotopic (exact) mass is 278 g/mol. The first-order valence-electron chi connectivity index (χ1n) is 7.72. The van der Waals surface area contributed by atoms with Gasteiger partial charge in [0.1, 0.15) is 0 Å². The van der Waals surface area contributed by atoms with Gasteiger partial charge in [0.15, 0.2) is 0 Å². The lowest BCUT2D eigenvalue weighted by atomic mass is 10.1. The number of nitrogens with one attached hydrogen (secondary N) is 1. The molecule has 2 rings (SSSR count). The average molecular weight is 278 g/mol. The molecule has 1 aliphatic rings. The highest BCUT2D eigenvalue weighted by Crippen LogP contribution is 2.20. The molecule has 0 amide bonds. The highest BCUT2D eigenvalue weighted by atomic mass is 16.5. The molecule has 4 heteroatoms.